The molecule has 6 nitrogen and oxygen atoms in total. The monoisotopic (exact) mass is 439 g/mol. The molecule has 31 heavy (non-hydrogen) atoms. The summed E-state index contributed by atoms with van der Waals surface area (Å²) in [6.07, 6.45) is -0.505. The van der Waals surface area contributed by atoms with Crippen LogP contribution in [0.3, 0.4) is 0 Å². The topological polar surface area (TPSA) is 65.1 Å². The van der Waals surface area contributed by atoms with Crippen molar-refractivity contribution in [3.63, 3.8) is 0 Å². The van der Waals surface area contributed by atoms with Gasteiger partial charge in [-0.15, -0.1) is 0 Å². The van der Waals surface area contributed by atoms with E-state index in [-0.39, 0.29) is 24.5 Å². The second kappa shape index (κ2) is 8.28. The Hall–Kier alpha value is -2.97. The van der Waals surface area contributed by atoms with Crippen molar-refractivity contribution in [3.8, 4) is 11.5 Å². The lowest BCUT2D eigenvalue weighted by atomic mass is 9.62. The van der Waals surface area contributed by atoms with Crippen molar-refractivity contribution in [1.82, 2.24) is 4.90 Å². The van der Waals surface area contributed by atoms with Crippen molar-refractivity contribution < 1.29 is 37.0 Å². The van der Waals surface area contributed by atoms with Gasteiger partial charge in [0.05, 0.1) is 21.3 Å². The summed E-state index contributed by atoms with van der Waals surface area (Å²) in [6, 6.07) is 3.63. The van der Waals surface area contributed by atoms with Crippen molar-refractivity contribution in [2.75, 3.05) is 34.9 Å². The van der Waals surface area contributed by atoms with Crippen molar-refractivity contribution in [1.29, 1.82) is 0 Å². The number of methoxy groups -OCH3 is 3. The van der Waals surface area contributed by atoms with Crippen molar-refractivity contribution in [2.24, 2.45) is 0 Å². The molecule has 0 radical (unpaired) electrons. The van der Waals surface area contributed by atoms with Gasteiger partial charge in [-0.25, -0.2) is 0 Å². The highest BCUT2D eigenvalue weighted by Gasteiger charge is 2.45. The molecule has 0 heterocycles. The Bertz CT molecular complexity index is 967. The van der Waals surface area contributed by atoms with Crippen LogP contribution in [-0.2, 0) is 26.2 Å². The maximum Gasteiger partial charge on any atom is 0.471 e. The summed E-state index contributed by atoms with van der Waals surface area (Å²) in [5, 5.41) is 0. The van der Waals surface area contributed by atoms with E-state index in [1.54, 1.807) is 12.1 Å². The Morgan fingerprint density at radius 2 is 1.74 bits per heavy atom. The van der Waals surface area contributed by atoms with Crippen molar-refractivity contribution in [2.45, 2.75) is 30.9 Å². The second-order valence-electron chi connectivity index (χ2n) is 7.56. The summed E-state index contributed by atoms with van der Waals surface area (Å²) in [5.41, 5.74) is 1.58. The van der Waals surface area contributed by atoms with Gasteiger partial charge in [0.1, 0.15) is 0 Å². The van der Waals surface area contributed by atoms with Gasteiger partial charge in [0.2, 0.25) is 5.78 Å². The molecule has 0 aromatic heterocycles. The Balaban J connectivity index is 2.12. The molecule has 0 spiro atoms. The molecule has 0 saturated carbocycles. The molecule has 1 unspecified atom stereocenters. The number of benzene rings is 1. The minimum absolute atomic E-state index is 0.108. The van der Waals surface area contributed by atoms with Gasteiger partial charge in [0, 0.05) is 19.0 Å². The van der Waals surface area contributed by atoms with Crippen molar-refractivity contribution in [3.05, 3.63) is 46.7 Å². The van der Waals surface area contributed by atoms with Gasteiger partial charge in [-0.1, -0.05) is 5.57 Å². The summed E-state index contributed by atoms with van der Waals surface area (Å²) in [6.45, 7) is -0.175. The number of nitrogens with zero attached hydrogens (tertiary/aromatic N) is 1. The van der Waals surface area contributed by atoms with E-state index in [1.807, 2.05) is 6.07 Å². The van der Waals surface area contributed by atoms with E-state index in [4.69, 9.17) is 14.2 Å². The zero-order valence-electron chi connectivity index (χ0n) is 17.8. The van der Waals surface area contributed by atoms with Gasteiger partial charge < -0.3 is 19.1 Å². The maximum atomic E-state index is 12.9. The number of aryl methyl sites for hydroxylation is 1. The lowest BCUT2D eigenvalue weighted by molar-refractivity contribution is -0.184. The third kappa shape index (κ3) is 4.00. The Labute approximate surface area is 178 Å². The van der Waals surface area contributed by atoms with Crippen molar-refractivity contribution >= 4 is 11.7 Å². The smallest absolute Gasteiger partial charge is 0.471 e. The molecule has 1 amide bonds. The SMILES string of the molecule is COC1=CC2(CCN(C)C(=O)C(F)(F)F)C(=CC1=O)CCc1cc(OC)c(OC)cc12. The van der Waals surface area contributed by atoms with Gasteiger partial charge in [0.15, 0.2) is 17.3 Å². The molecule has 1 aromatic carbocycles. The van der Waals surface area contributed by atoms with E-state index in [2.05, 4.69) is 0 Å². The first-order chi connectivity index (χ1) is 14.6. The molecular formula is C22H24F3NO5. The van der Waals surface area contributed by atoms with Crippen LogP contribution in [0.4, 0.5) is 13.2 Å². The maximum absolute atomic E-state index is 12.9. The molecule has 2 aliphatic rings. The standard InChI is InChI=1S/C22H24F3NO5/c1-26(20(28)22(23,24)25)8-7-21-12-19(31-4)16(27)10-14(21)6-5-13-9-17(29-2)18(30-3)11-15(13)21/h9-12H,5-8H2,1-4H3. The summed E-state index contributed by atoms with van der Waals surface area (Å²) < 4.78 is 54.7. The first kappa shape index (κ1) is 22.7. The molecule has 168 valence electrons. The molecule has 2 aliphatic carbocycles. The molecule has 1 aromatic rings. The zero-order valence-corrected chi connectivity index (χ0v) is 17.8. The van der Waals surface area contributed by atoms with Crippen LogP contribution in [0, 0.1) is 0 Å². The van der Waals surface area contributed by atoms with E-state index < -0.39 is 17.5 Å². The predicted octanol–water partition coefficient (Wildman–Crippen LogP) is 3.34. The number of ketones is 1. The van der Waals surface area contributed by atoms with Gasteiger partial charge in [-0.05, 0) is 54.7 Å². The highest BCUT2D eigenvalue weighted by molar-refractivity contribution is 6.05. The summed E-state index contributed by atoms with van der Waals surface area (Å²) >= 11 is 0. The number of hydrogen-bond acceptors (Lipinski definition) is 5. The lowest BCUT2D eigenvalue weighted by Gasteiger charge is -2.42. The first-order valence-electron chi connectivity index (χ1n) is 9.67. The van der Waals surface area contributed by atoms with Crippen LogP contribution in [0.2, 0.25) is 0 Å². The molecule has 9 heteroatoms. The van der Waals surface area contributed by atoms with Crippen LogP contribution in [-0.4, -0.2) is 57.7 Å². The number of alkyl halides is 3. The average Bonchev–Trinajstić information content (AvgIpc) is 2.74. The number of fused-ring (bicyclic) bond motifs is 3. The number of ether oxygens (including phenoxy) is 3. The van der Waals surface area contributed by atoms with E-state index in [0.717, 1.165) is 23.7 Å². The lowest BCUT2D eigenvalue weighted by Crippen LogP contribution is -2.43. The number of amides is 1. The normalized spacial score (nSPS) is 20.2. The minimum Gasteiger partial charge on any atom is -0.493 e. The number of carbonyl (C=O) groups excluding carboxylic acids is 2. The molecule has 0 N–H and O–H groups in total. The minimum atomic E-state index is -4.96. The molecule has 0 bridgehead atoms. The number of rotatable bonds is 6. The summed E-state index contributed by atoms with van der Waals surface area (Å²) in [7, 11) is 5.50. The van der Waals surface area contributed by atoms with Gasteiger partial charge in [-0.3, -0.25) is 9.59 Å². The van der Waals surface area contributed by atoms with Crippen LogP contribution < -0.4 is 9.47 Å². The summed E-state index contributed by atoms with van der Waals surface area (Å²) in [5.74, 6) is -1.10. The van der Waals surface area contributed by atoms with Gasteiger partial charge in [-0.2, -0.15) is 13.2 Å². The molecule has 0 saturated heterocycles. The zero-order chi connectivity index (χ0) is 23.0. The Morgan fingerprint density at radius 1 is 1.10 bits per heavy atom. The summed E-state index contributed by atoms with van der Waals surface area (Å²) in [4.78, 5) is 24.7. The third-order valence-electron chi connectivity index (χ3n) is 5.90. The van der Waals surface area contributed by atoms with Crippen LogP contribution in [0.5, 0.6) is 11.5 Å². The van der Waals surface area contributed by atoms with E-state index in [9.17, 15) is 22.8 Å². The van der Waals surface area contributed by atoms with E-state index in [1.165, 1.54) is 27.4 Å². The Morgan fingerprint density at radius 3 is 2.32 bits per heavy atom. The number of allylic oxidation sites excluding steroid dienone is 3. The highest BCUT2D eigenvalue weighted by Crippen LogP contribution is 2.50. The van der Waals surface area contributed by atoms with Crippen LogP contribution in [0.1, 0.15) is 24.0 Å². The average molecular weight is 439 g/mol. The second-order valence-corrected chi connectivity index (χ2v) is 7.56. The van der Waals surface area contributed by atoms with Crippen LogP contribution in [0.15, 0.2) is 35.6 Å². The third-order valence-corrected chi connectivity index (χ3v) is 5.90. The highest BCUT2D eigenvalue weighted by atomic mass is 19.4. The number of halogens is 3. The molecular weight excluding hydrogens is 415 g/mol. The predicted molar refractivity (Wildman–Crippen MR) is 106 cm³/mol. The first-order valence-corrected chi connectivity index (χ1v) is 9.67. The van der Waals surface area contributed by atoms with Gasteiger partial charge in [0.25, 0.3) is 0 Å². The number of carbonyl (C=O) groups is 2. The van der Waals surface area contributed by atoms with E-state index >= 15 is 0 Å². The number of hydrogen-bond donors (Lipinski definition) is 0. The molecule has 0 aliphatic heterocycles. The molecule has 1 atom stereocenters. The van der Waals surface area contributed by atoms with Gasteiger partial charge >= 0.3 is 12.1 Å². The van der Waals surface area contributed by atoms with Crippen LogP contribution in [0.25, 0.3) is 0 Å². The fourth-order valence-electron chi connectivity index (χ4n) is 4.29. The molecule has 3 rings (SSSR count). The van der Waals surface area contributed by atoms with E-state index in [0.29, 0.717) is 29.2 Å². The van der Waals surface area contributed by atoms with Crippen LogP contribution >= 0.6 is 0 Å². The fraction of sp³-hybridized carbons (Fsp3) is 0.455. The quantitative estimate of drug-likeness (QED) is 0.680. The molecule has 0 fully saturated rings. The Kier molecular flexibility index (Phi) is 6.07. The fourth-order valence-corrected chi connectivity index (χ4v) is 4.29. The largest absolute Gasteiger partial charge is 0.493 e.